The van der Waals surface area contributed by atoms with Crippen molar-refractivity contribution in [2.75, 3.05) is 0 Å². The highest BCUT2D eigenvalue weighted by molar-refractivity contribution is 5.55. The predicted octanol–water partition coefficient (Wildman–Crippen LogP) is 1.98. The van der Waals surface area contributed by atoms with E-state index in [9.17, 15) is 4.79 Å². The zero-order valence-corrected chi connectivity index (χ0v) is 8.49. The van der Waals surface area contributed by atoms with Gasteiger partial charge in [0.05, 0.1) is 12.6 Å². The Morgan fingerprint density at radius 3 is 3.07 bits per heavy atom. The summed E-state index contributed by atoms with van der Waals surface area (Å²) in [4.78, 5) is 18.3. The second-order valence-electron chi connectivity index (χ2n) is 3.29. The minimum absolute atomic E-state index is 0.0850. The number of hydrogen-bond acceptors (Lipinski definition) is 3. The summed E-state index contributed by atoms with van der Waals surface area (Å²) >= 11 is 0. The monoisotopic (exact) mass is 204 g/mol. The van der Waals surface area contributed by atoms with Crippen molar-refractivity contribution in [3.05, 3.63) is 40.6 Å². The molecule has 0 unspecified atom stereocenters. The third kappa shape index (κ3) is 1.83. The smallest absolute Gasteiger partial charge is 0.254 e. The Kier molecular flexibility index (Phi) is 2.67. The van der Waals surface area contributed by atoms with Crippen LogP contribution in [0.15, 0.2) is 33.9 Å². The van der Waals surface area contributed by atoms with E-state index in [-0.39, 0.29) is 5.56 Å². The summed E-state index contributed by atoms with van der Waals surface area (Å²) in [7, 11) is 0. The molecule has 0 amide bonds. The van der Waals surface area contributed by atoms with Crippen LogP contribution in [0.2, 0.25) is 0 Å². The lowest BCUT2D eigenvalue weighted by Crippen LogP contribution is -2.14. The molecule has 0 fully saturated rings. The van der Waals surface area contributed by atoms with Gasteiger partial charge in [0.1, 0.15) is 5.69 Å². The number of aromatic amines is 1. The van der Waals surface area contributed by atoms with Crippen LogP contribution in [0, 0.1) is 0 Å². The molecule has 0 aliphatic rings. The van der Waals surface area contributed by atoms with Gasteiger partial charge in [-0.05, 0) is 18.6 Å². The molecule has 0 atom stereocenters. The number of nitrogens with one attached hydrogen (secondary N) is 1. The van der Waals surface area contributed by atoms with Crippen molar-refractivity contribution in [2.24, 2.45) is 0 Å². The molecule has 2 aromatic rings. The molecule has 0 saturated carbocycles. The average molecular weight is 204 g/mol. The maximum absolute atomic E-state index is 11.6. The second-order valence-corrected chi connectivity index (χ2v) is 3.29. The zero-order valence-electron chi connectivity index (χ0n) is 8.49. The highest BCUT2D eigenvalue weighted by Gasteiger charge is 2.11. The van der Waals surface area contributed by atoms with Gasteiger partial charge in [-0.25, -0.2) is 4.98 Å². The van der Waals surface area contributed by atoms with Gasteiger partial charge in [0, 0.05) is 5.56 Å². The number of nitrogens with zero attached hydrogens (tertiary/aromatic N) is 1. The van der Waals surface area contributed by atoms with Crippen LogP contribution in [0.1, 0.15) is 18.9 Å². The van der Waals surface area contributed by atoms with Crippen LogP contribution in [0.5, 0.6) is 0 Å². The standard InChI is InChI=1S/C11H12N2O2/c1-2-4-8-10(9-5-3-6-15-9)12-7-13-11(8)14/h3,5-7H,2,4H2,1H3,(H,12,13,14). The largest absolute Gasteiger partial charge is 0.463 e. The van der Waals surface area contributed by atoms with Crippen molar-refractivity contribution in [1.29, 1.82) is 0 Å². The molecule has 4 heteroatoms. The van der Waals surface area contributed by atoms with E-state index in [1.54, 1.807) is 18.4 Å². The van der Waals surface area contributed by atoms with Gasteiger partial charge in [-0.1, -0.05) is 13.3 Å². The van der Waals surface area contributed by atoms with E-state index in [1.165, 1.54) is 6.33 Å². The summed E-state index contributed by atoms with van der Waals surface area (Å²) in [5.74, 6) is 0.643. The molecular weight excluding hydrogens is 192 g/mol. The van der Waals surface area contributed by atoms with Gasteiger partial charge in [0.25, 0.3) is 5.56 Å². The molecule has 0 aliphatic carbocycles. The molecule has 1 N–H and O–H groups in total. The van der Waals surface area contributed by atoms with E-state index in [0.29, 0.717) is 23.4 Å². The molecule has 15 heavy (non-hydrogen) atoms. The fraction of sp³-hybridized carbons (Fsp3) is 0.273. The summed E-state index contributed by atoms with van der Waals surface area (Å²) in [5.41, 5.74) is 1.25. The molecule has 4 nitrogen and oxygen atoms in total. The highest BCUT2D eigenvalue weighted by Crippen LogP contribution is 2.19. The third-order valence-corrected chi connectivity index (χ3v) is 2.20. The van der Waals surface area contributed by atoms with Crippen LogP contribution >= 0.6 is 0 Å². The molecule has 0 radical (unpaired) electrons. The van der Waals surface area contributed by atoms with Gasteiger partial charge in [-0.3, -0.25) is 4.79 Å². The molecule has 2 heterocycles. The second kappa shape index (κ2) is 4.13. The highest BCUT2D eigenvalue weighted by atomic mass is 16.3. The summed E-state index contributed by atoms with van der Waals surface area (Å²) in [6.07, 6.45) is 4.59. The van der Waals surface area contributed by atoms with Gasteiger partial charge >= 0.3 is 0 Å². The van der Waals surface area contributed by atoms with E-state index in [4.69, 9.17) is 4.42 Å². The molecule has 2 rings (SSSR count). The molecule has 0 spiro atoms. The summed E-state index contributed by atoms with van der Waals surface area (Å²) < 4.78 is 5.25. The van der Waals surface area contributed by atoms with E-state index in [2.05, 4.69) is 9.97 Å². The van der Waals surface area contributed by atoms with Crippen LogP contribution in [0.3, 0.4) is 0 Å². The molecule has 78 valence electrons. The van der Waals surface area contributed by atoms with Crippen LogP contribution in [-0.2, 0) is 6.42 Å². The minimum Gasteiger partial charge on any atom is -0.463 e. The molecule has 0 aromatic carbocycles. The van der Waals surface area contributed by atoms with Crippen molar-refractivity contribution >= 4 is 0 Å². The van der Waals surface area contributed by atoms with E-state index in [0.717, 1.165) is 6.42 Å². The van der Waals surface area contributed by atoms with Gasteiger partial charge in [0.2, 0.25) is 0 Å². The maximum atomic E-state index is 11.6. The Hall–Kier alpha value is -1.84. The number of furan rings is 1. The quantitative estimate of drug-likeness (QED) is 0.831. The van der Waals surface area contributed by atoms with Crippen LogP contribution in [0.4, 0.5) is 0 Å². The average Bonchev–Trinajstić information content (AvgIpc) is 2.74. The van der Waals surface area contributed by atoms with Gasteiger partial charge < -0.3 is 9.40 Å². The van der Waals surface area contributed by atoms with Crippen molar-refractivity contribution in [3.63, 3.8) is 0 Å². The first-order chi connectivity index (χ1) is 7.33. The third-order valence-electron chi connectivity index (χ3n) is 2.20. The Balaban J connectivity index is 2.56. The van der Waals surface area contributed by atoms with Crippen molar-refractivity contribution < 1.29 is 4.42 Å². The first-order valence-corrected chi connectivity index (χ1v) is 4.93. The topological polar surface area (TPSA) is 58.9 Å². The number of aromatic nitrogens is 2. The lowest BCUT2D eigenvalue weighted by Gasteiger charge is -2.02. The molecule has 0 aliphatic heterocycles. The number of hydrogen-bond donors (Lipinski definition) is 1. The number of H-pyrrole nitrogens is 1. The Labute approximate surface area is 87.0 Å². The molecular formula is C11H12N2O2. The van der Waals surface area contributed by atoms with E-state index in [1.807, 2.05) is 6.92 Å². The Bertz CT molecular complexity index is 486. The van der Waals surface area contributed by atoms with Crippen LogP contribution < -0.4 is 5.56 Å². The fourth-order valence-electron chi connectivity index (χ4n) is 1.54. The van der Waals surface area contributed by atoms with Gasteiger partial charge in [-0.15, -0.1) is 0 Å². The Morgan fingerprint density at radius 1 is 1.53 bits per heavy atom. The molecule has 0 saturated heterocycles. The normalized spacial score (nSPS) is 10.5. The summed E-state index contributed by atoms with van der Waals surface area (Å²) in [5, 5.41) is 0. The molecule has 0 bridgehead atoms. The zero-order chi connectivity index (χ0) is 10.7. The lowest BCUT2D eigenvalue weighted by molar-refractivity contribution is 0.578. The van der Waals surface area contributed by atoms with Gasteiger partial charge in [-0.2, -0.15) is 0 Å². The maximum Gasteiger partial charge on any atom is 0.254 e. The van der Waals surface area contributed by atoms with Crippen molar-refractivity contribution in [2.45, 2.75) is 19.8 Å². The number of rotatable bonds is 3. The summed E-state index contributed by atoms with van der Waals surface area (Å²) in [6.45, 7) is 2.03. The summed E-state index contributed by atoms with van der Waals surface area (Å²) in [6, 6.07) is 3.59. The lowest BCUT2D eigenvalue weighted by atomic mass is 10.1. The van der Waals surface area contributed by atoms with E-state index >= 15 is 0 Å². The van der Waals surface area contributed by atoms with Crippen LogP contribution in [0.25, 0.3) is 11.5 Å². The van der Waals surface area contributed by atoms with E-state index < -0.39 is 0 Å². The fourth-order valence-corrected chi connectivity index (χ4v) is 1.54. The predicted molar refractivity (Wildman–Crippen MR) is 56.6 cm³/mol. The molecule has 2 aromatic heterocycles. The minimum atomic E-state index is -0.0850. The first-order valence-electron chi connectivity index (χ1n) is 4.93. The van der Waals surface area contributed by atoms with Crippen molar-refractivity contribution in [3.8, 4) is 11.5 Å². The van der Waals surface area contributed by atoms with Crippen molar-refractivity contribution in [1.82, 2.24) is 9.97 Å². The van der Waals surface area contributed by atoms with Crippen LogP contribution in [-0.4, -0.2) is 9.97 Å². The van der Waals surface area contributed by atoms with Gasteiger partial charge in [0.15, 0.2) is 5.76 Å². The first kappa shape index (κ1) is 9.71. The Morgan fingerprint density at radius 2 is 2.40 bits per heavy atom. The SMILES string of the molecule is CCCc1c(-c2ccco2)nc[nH]c1=O.